The first-order chi connectivity index (χ1) is 15.3. The van der Waals surface area contributed by atoms with Crippen LogP contribution >= 0.6 is 27.5 Å². The standard InChI is InChI=1S/C24H15BrClFN2O3/c25-17-5-8-20(9-6-17)29-23(31)21(22(30)28-24(29)32)13-16-12-18(26)7-4-15(16)10-14-2-1-3-19(27)11-14/h1-9,11-13H,10H2,(H,28,30,32)/b21-13+. The molecule has 0 spiro atoms. The van der Waals surface area contributed by atoms with E-state index in [0.717, 1.165) is 20.5 Å². The zero-order chi connectivity index (χ0) is 22.8. The lowest BCUT2D eigenvalue weighted by atomic mass is 9.97. The van der Waals surface area contributed by atoms with Crippen LogP contribution in [-0.2, 0) is 16.0 Å². The molecular weight excluding hydrogens is 499 g/mol. The number of amides is 4. The van der Waals surface area contributed by atoms with Crippen LogP contribution in [0, 0.1) is 5.82 Å². The summed E-state index contributed by atoms with van der Waals surface area (Å²) >= 11 is 9.46. The molecule has 3 aromatic rings. The Morgan fingerprint density at radius 3 is 2.47 bits per heavy atom. The Morgan fingerprint density at radius 1 is 1.00 bits per heavy atom. The van der Waals surface area contributed by atoms with Crippen LogP contribution in [-0.4, -0.2) is 17.8 Å². The van der Waals surface area contributed by atoms with E-state index in [-0.39, 0.29) is 11.4 Å². The lowest BCUT2D eigenvalue weighted by Crippen LogP contribution is -2.54. The molecule has 3 aromatic carbocycles. The molecule has 32 heavy (non-hydrogen) atoms. The molecule has 1 N–H and O–H groups in total. The third-order valence-electron chi connectivity index (χ3n) is 4.88. The van der Waals surface area contributed by atoms with Gasteiger partial charge < -0.3 is 0 Å². The highest BCUT2D eigenvalue weighted by atomic mass is 79.9. The third-order valence-corrected chi connectivity index (χ3v) is 5.64. The molecule has 0 aliphatic carbocycles. The van der Waals surface area contributed by atoms with Crippen LogP contribution in [0.4, 0.5) is 14.9 Å². The third kappa shape index (κ3) is 4.64. The Bertz CT molecular complexity index is 1270. The smallest absolute Gasteiger partial charge is 0.273 e. The van der Waals surface area contributed by atoms with Crippen molar-refractivity contribution in [2.75, 3.05) is 4.90 Å². The quantitative estimate of drug-likeness (QED) is 0.370. The van der Waals surface area contributed by atoms with Crippen molar-refractivity contribution in [1.29, 1.82) is 0 Å². The minimum absolute atomic E-state index is 0.213. The lowest BCUT2D eigenvalue weighted by Gasteiger charge is -2.26. The van der Waals surface area contributed by atoms with Gasteiger partial charge in [0.2, 0.25) is 0 Å². The minimum Gasteiger partial charge on any atom is -0.273 e. The van der Waals surface area contributed by atoms with Gasteiger partial charge in [-0.05, 0) is 77.7 Å². The molecule has 0 saturated carbocycles. The average molecular weight is 514 g/mol. The van der Waals surface area contributed by atoms with Gasteiger partial charge in [-0.3, -0.25) is 14.9 Å². The SMILES string of the molecule is O=C1NC(=O)N(c2ccc(Br)cc2)C(=O)/C1=C/c1cc(Cl)ccc1Cc1cccc(F)c1. The van der Waals surface area contributed by atoms with Crippen molar-refractivity contribution in [3.63, 3.8) is 0 Å². The molecule has 5 nitrogen and oxygen atoms in total. The summed E-state index contributed by atoms with van der Waals surface area (Å²) in [6.07, 6.45) is 1.76. The molecule has 0 bridgehead atoms. The number of hydrogen-bond donors (Lipinski definition) is 1. The first-order valence-corrected chi connectivity index (χ1v) is 10.7. The van der Waals surface area contributed by atoms with Gasteiger partial charge in [0.15, 0.2) is 0 Å². The number of imide groups is 2. The molecular formula is C24H15BrClFN2O3. The van der Waals surface area contributed by atoms with Gasteiger partial charge in [0.05, 0.1) is 5.69 Å². The van der Waals surface area contributed by atoms with Crippen LogP contribution in [0.3, 0.4) is 0 Å². The second-order valence-electron chi connectivity index (χ2n) is 7.08. The van der Waals surface area contributed by atoms with E-state index in [1.807, 2.05) is 0 Å². The number of nitrogens with one attached hydrogen (secondary N) is 1. The summed E-state index contributed by atoms with van der Waals surface area (Å²) in [6.45, 7) is 0. The molecule has 0 aromatic heterocycles. The zero-order valence-electron chi connectivity index (χ0n) is 16.4. The van der Waals surface area contributed by atoms with Crippen molar-refractivity contribution >= 4 is 57.1 Å². The molecule has 1 aliphatic rings. The van der Waals surface area contributed by atoms with Crippen LogP contribution in [0.15, 0.2) is 76.8 Å². The molecule has 0 unspecified atom stereocenters. The summed E-state index contributed by atoms with van der Waals surface area (Å²) in [6, 6.07) is 16.9. The Labute approximate surface area is 196 Å². The second kappa shape index (κ2) is 9.06. The second-order valence-corrected chi connectivity index (χ2v) is 8.44. The van der Waals surface area contributed by atoms with E-state index < -0.39 is 17.8 Å². The van der Waals surface area contributed by atoms with E-state index in [1.165, 1.54) is 18.2 Å². The van der Waals surface area contributed by atoms with Crippen LogP contribution in [0.25, 0.3) is 6.08 Å². The molecule has 1 fully saturated rings. The number of halogens is 3. The Balaban J connectivity index is 1.74. The molecule has 160 valence electrons. The summed E-state index contributed by atoms with van der Waals surface area (Å²) < 4.78 is 14.4. The van der Waals surface area contributed by atoms with E-state index >= 15 is 0 Å². The van der Waals surface area contributed by atoms with Crippen LogP contribution in [0.1, 0.15) is 16.7 Å². The molecule has 0 atom stereocenters. The normalized spacial score (nSPS) is 15.3. The number of benzene rings is 3. The van der Waals surface area contributed by atoms with Gasteiger partial charge in [0, 0.05) is 9.50 Å². The van der Waals surface area contributed by atoms with Crippen molar-refractivity contribution in [2.24, 2.45) is 0 Å². The highest BCUT2D eigenvalue weighted by Crippen LogP contribution is 2.26. The van der Waals surface area contributed by atoms with E-state index in [1.54, 1.807) is 54.6 Å². The van der Waals surface area contributed by atoms with Gasteiger partial charge in [0.25, 0.3) is 11.8 Å². The van der Waals surface area contributed by atoms with Gasteiger partial charge in [0.1, 0.15) is 11.4 Å². The fraction of sp³-hybridized carbons (Fsp3) is 0.0417. The van der Waals surface area contributed by atoms with Gasteiger partial charge in [-0.1, -0.05) is 45.7 Å². The van der Waals surface area contributed by atoms with Crippen LogP contribution in [0.5, 0.6) is 0 Å². The zero-order valence-corrected chi connectivity index (χ0v) is 18.8. The van der Waals surface area contributed by atoms with Crippen molar-refractivity contribution in [3.8, 4) is 0 Å². The summed E-state index contributed by atoms with van der Waals surface area (Å²) in [5.74, 6) is -1.91. The Kier molecular flexibility index (Phi) is 6.21. The minimum atomic E-state index is -0.828. The van der Waals surface area contributed by atoms with Gasteiger partial charge in [-0.25, -0.2) is 14.1 Å². The van der Waals surface area contributed by atoms with Crippen molar-refractivity contribution < 1.29 is 18.8 Å². The maximum atomic E-state index is 13.6. The molecule has 4 rings (SSSR count). The van der Waals surface area contributed by atoms with Gasteiger partial charge in [-0.2, -0.15) is 0 Å². The Hall–Kier alpha value is -3.29. The summed E-state index contributed by atoms with van der Waals surface area (Å²) in [4.78, 5) is 38.9. The molecule has 8 heteroatoms. The van der Waals surface area contributed by atoms with Gasteiger partial charge in [-0.15, -0.1) is 0 Å². The highest BCUT2D eigenvalue weighted by molar-refractivity contribution is 9.10. The maximum Gasteiger partial charge on any atom is 0.335 e. The van der Waals surface area contributed by atoms with E-state index in [2.05, 4.69) is 21.2 Å². The van der Waals surface area contributed by atoms with Crippen molar-refractivity contribution in [1.82, 2.24) is 5.32 Å². The molecule has 1 saturated heterocycles. The monoisotopic (exact) mass is 512 g/mol. The lowest BCUT2D eigenvalue weighted by molar-refractivity contribution is -0.122. The summed E-state index contributed by atoms with van der Waals surface area (Å²) in [5.41, 5.74) is 2.08. The molecule has 1 heterocycles. The Morgan fingerprint density at radius 2 is 1.75 bits per heavy atom. The number of nitrogens with zero attached hydrogens (tertiary/aromatic N) is 1. The first kappa shape index (κ1) is 21.9. The van der Waals surface area contributed by atoms with Gasteiger partial charge >= 0.3 is 6.03 Å². The fourth-order valence-electron chi connectivity index (χ4n) is 3.37. The van der Waals surface area contributed by atoms with Crippen LogP contribution < -0.4 is 10.2 Å². The molecule has 0 radical (unpaired) electrons. The number of urea groups is 1. The average Bonchev–Trinajstić information content (AvgIpc) is 2.74. The van der Waals surface area contributed by atoms with E-state index in [0.29, 0.717) is 22.7 Å². The largest absolute Gasteiger partial charge is 0.335 e. The van der Waals surface area contributed by atoms with Crippen LogP contribution in [0.2, 0.25) is 5.02 Å². The number of barbiturate groups is 1. The maximum absolute atomic E-state index is 13.6. The van der Waals surface area contributed by atoms with Crippen molar-refractivity contribution in [2.45, 2.75) is 6.42 Å². The fourth-order valence-corrected chi connectivity index (χ4v) is 3.81. The molecule has 4 amide bonds. The highest BCUT2D eigenvalue weighted by Gasteiger charge is 2.36. The van der Waals surface area contributed by atoms with E-state index in [4.69, 9.17) is 11.6 Å². The number of anilines is 1. The van der Waals surface area contributed by atoms with E-state index in [9.17, 15) is 18.8 Å². The molecule has 1 aliphatic heterocycles. The van der Waals surface area contributed by atoms with Crippen molar-refractivity contribution in [3.05, 3.63) is 104 Å². The number of hydrogen-bond acceptors (Lipinski definition) is 3. The first-order valence-electron chi connectivity index (χ1n) is 9.52. The topological polar surface area (TPSA) is 66.5 Å². The number of carbonyl (C=O) groups is 3. The number of carbonyl (C=O) groups excluding carboxylic acids is 3. The number of rotatable bonds is 4. The summed E-state index contributed by atoms with van der Waals surface area (Å²) in [5, 5.41) is 2.61. The predicted octanol–water partition coefficient (Wildman–Crippen LogP) is 5.50. The summed E-state index contributed by atoms with van der Waals surface area (Å²) in [7, 11) is 0. The predicted molar refractivity (Wildman–Crippen MR) is 124 cm³/mol.